The van der Waals surface area contributed by atoms with Gasteiger partial charge in [0.2, 0.25) is 0 Å². The summed E-state index contributed by atoms with van der Waals surface area (Å²) < 4.78 is 22.9. The number of ether oxygens (including phenoxy) is 4. The first kappa shape index (κ1) is 25.1. The van der Waals surface area contributed by atoms with E-state index in [1.807, 2.05) is 0 Å². The third kappa shape index (κ3) is 5.19. The maximum Gasteiger partial charge on any atom is 0.186 e. The van der Waals surface area contributed by atoms with Crippen molar-refractivity contribution < 1.29 is 39.4 Å². The van der Waals surface area contributed by atoms with Crippen LogP contribution in [0, 0.1) is 0 Å². The first-order valence-electron chi connectivity index (χ1n) is 10.6. The Kier molecular flexibility index (Phi) is 8.24. The first-order chi connectivity index (χ1) is 14.5. The van der Waals surface area contributed by atoms with Crippen LogP contribution in [0.5, 0.6) is 0 Å². The molecule has 0 bridgehead atoms. The standard InChI is InChI=1S/C18H37N5O8/c1-5-12(25)11(23)13(26)18(28-5)31-16-7(21)2-6(20)15(14(16)27)30-17-8(22)3-9(24)10(4-19)29-17/h5-18,24-27H,2-4,19-23H2,1H3/t5-,6+,7-,8-,9+,10-,11+,12-,13-,14-,15-,16+,17-,18+/m1/s1. The summed E-state index contributed by atoms with van der Waals surface area (Å²) >= 11 is 0. The topological polar surface area (TPSA) is 248 Å². The lowest BCUT2D eigenvalue weighted by atomic mass is 9.84. The van der Waals surface area contributed by atoms with Crippen molar-refractivity contribution in [2.24, 2.45) is 28.7 Å². The predicted octanol–water partition coefficient (Wildman–Crippen LogP) is -5.27. The fourth-order valence-corrected chi connectivity index (χ4v) is 4.38. The lowest BCUT2D eigenvalue weighted by Gasteiger charge is -2.47. The van der Waals surface area contributed by atoms with Gasteiger partial charge in [-0.3, -0.25) is 0 Å². The predicted molar refractivity (Wildman–Crippen MR) is 107 cm³/mol. The number of rotatable bonds is 5. The third-order valence-electron chi connectivity index (χ3n) is 6.37. The minimum atomic E-state index is -1.33. The van der Waals surface area contributed by atoms with Gasteiger partial charge in [0, 0.05) is 18.6 Å². The van der Waals surface area contributed by atoms with Crippen LogP contribution < -0.4 is 28.7 Å². The molecule has 3 rings (SSSR count). The van der Waals surface area contributed by atoms with E-state index in [1.54, 1.807) is 6.92 Å². The van der Waals surface area contributed by atoms with E-state index in [9.17, 15) is 20.4 Å². The molecule has 13 heteroatoms. The summed E-state index contributed by atoms with van der Waals surface area (Å²) in [6.07, 6.45) is -9.53. The monoisotopic (exact) mass is 451 g/mol. The average Bonchev–Trinajstić information content (AvgIpc) is 2.71. The van der Waals surface area contributed by atoms with Crippen molar-refractivity contribution in [3.63, 3.8) is 0 Å². The Bertz CT molecular complexity index is 593. The Morgan fingerprint density at radius 2 is 1.35 bits per heavy atom. The lowest BCUT2D eigenvalue weighted by molar-refractivity contribution is -0.310. The molecule has 1 saturated carbocycles. The van der Waals surface area contributed by atoms with Gasteiger partial charge in [0.25, 0.3) is 0 Å². The van der Waals surface area contributed by atoms with E-state index in [4.69, 9.17) is 47.6 Å². The van der Waals surface area contributed by atoms with Gasteiger partial charge >= 0.3 is 0 Å². The van der Waals surface area contributed by atoms with Crippen LogP contribution in [0.15, 0.2) is 0 Å². The zero-order valence-corrected chi connectivity index (χ0v) is 17.5. The van der Waals surface area contributed by atoms with Crippen LogP contribution in [0.4, 0.5) is 0 Å². The summed E-state index contributed by atoms with van der Waals surface area (Å²) in [4.78, 5) is 0. The first-order valence-corrected chi connectivity index (χ1v) is 10.6. The summed E-state index contributed by atoms with van der Waals surface area (Å²) in [7, 11) is 0. The molecule has 3 aliphatic rings. The van der Waals surface area contributed by atoms with E-state index in [0.717, 1.165) is 0 Å². The fourth-order valence-electron chi connectivity index (χ4n) is 4.38. The highest BCUT2D eigenvalue weighted by molar-refractivity contribution is 5.00. The Balaban J connectivity index is 1.69. The number of hydrogen-bond acceptors (Lipinski definition) is 13. The molecule has 0 aromatic carbocycles. The quantitative estimate of drug-likeness (QED) is 0.190. The fraction of sp³-hybridized carbons (Fsp3) is 1.00. The van der Waals surface area contributed by atoms with Crippen LogP contribution >= 0.6 is 0 Å². The molecule has 0 aromatic heterocycles. The SMILES string of the molecule is C[C@H]1O[C@@H](O[C@@H]2[C@H](O)[C@H](O[C@H]3O[C@H](CN)[C@@H](O)C[C@H]3N)[C@@H](N)C[C@H]2N)[C@H](O)[C@@H](N)[C@@H]1O. The molecule has 182 valence electrons. The summed E-state index contributed by atoms with van der Waals surface area (Å²) in [5.74, 6) is 0. The Morgan fingerprint density at radius 1 is 0.774 bits per heavy atom. The smallest absolute Gasteiger partial charge is 0.186 e. The Morgan fingerprint density at radius 3 is 1.94 bits per heavy atom. The van der Waals surface area contributed by atoms with Crippen molar-refractivity contribution in [3.8, 4) is 0 Å². The summed E-state index contributed by atoms with van der Waals surface area (Å²) in [5.41, 5.74) is 29.8. The highest BCUT2D eigenvalue weighted by Crippen LogP contribution is 2.30. The molecule has 0 spiro atoms. The largest absolute Gasteiger partial charge is 0.390 e. The zero-order valence-electron chi connectivity index (χ0n) is 17.5. The van der Waals surface area contributed by atoms with Crippen molar-refractivity contribution in [1.82, 2.24) is 0 Å². The molecule has 1 aliphatic carbocycles. The Labute approximate surface area is 180 Å². The highest BCUT2D eigenvalue weighted by atomic mass is 16.7. The zero-order chi connectivity index (χ0) is 23.0. The highest BCUT2D eigenvalue weighted by Gasteiger charge is 2.49. The molecular formula is C18H37N5O8. The molecule has 0 amide bonds. The Hall–Kier alpha value is -0.520. The van der Waals surface area contributed by atoms with Crippen molar-refractivity contribution >= 4 is 0 Å². The van der Waals surface area contributed by atoms with E-state index in [2.05, 4.69) is 0 Å². The van der Waals surface area contributed by atoms with Gasteiger partial charge in [-0.25, -0.2) is 0 Å². The number of hydrogen-bond donors (Lipinski definition) is 9. The van der Waals surface area contributed by atoms with Gasteiger partial charge in [0.15, 0.2) is 12.6 Å². The molecule has 2 saturated heterocycles. The van der Waals surface area contributed by atoms with Crippen LogP contribution in [-0.4, -0.2) is 113 Å². The number of nitrogens with two attached hydrogens (primary N) is 5. The molecule has 3 fully saturated rings. The molecule has 0 radical (unpaired) electrons. The van der Waals surface area contributed by atoms with Crippen molar-refractivity contribution in [1.29, 1.82) is 0 Å². The maximum atomic E-state index is 11.0. The molecule has 2 aliphatic heterocycles. The average molecular weight is 452 g/mol. The molecule has 0 unspecified atom stereocenters. The normalized spacial score (nSPS) is 54.0. The van der Waals surface area contributed by atoms with Gasteiger partial charge in [-0.15, -0.1) is 0 Å². The molecular weight excluding hydrogens is 414 g/mol. The van der Waals surface area contributed by atoms with Crippen LogP contribution in [-0.2, 0) is 18.9 Å². The molecule has 13 nitrogen and oxygen atoms in total. The van der Waals surface area contributed by atoms with Crippen LogP contribution in [0.1, 0.15) is 19.8 Å². The molecule has 31 heavy (non-hydrogen) atoms. The van der Waals surface area contributed by atoms with E-state index in [-0.39, 0.29) is 19.4 Å². The van der Waals surface area contributed by atoms with E-state index >= 15 is 0 Å². The third-order valence-corrected chi connectivity index (χ3v) is 6.37. The van der Waals surface area contributed by atoms with Crippen LogP contribution in [0.2, 0.25) is 0 Å². The molecule has 14 N–H and O–H groups in total. The minimum Gasteiger partial charge on any atom is -0.390 e. The second kappa shape index (κ2) is 10.2. The number of aliphatic hydroxyl groups excluding tert-OH is 4. The van der Waals surface area contributed by atoms with Crippen molar-refractivity contribution in [2.45, 2.75) is 105 Å². The van der Waals surface area contributed by atoms with Gasteiger partial charge in [0.1, 0.15) is 24.4 Å². The van der Waals surface area contributed by atoms with Gasteiger partial charge < -0.3 is 68.0 Å². The van der Waals surface area contributed by atoms with Crippen molar-refractivity contribution in [2.75, 3.05) is 6.54 Å². The second-order valence-corrected chi connectivity index (χ2v) is 8.77. The molecule has 2 heterocycles. The molecule has 14 atom stereocenters. The van der Waals surface area contributed by atoms with Gasteiger partial charge in [0.05, 0.1) is 36.5 Å². The minimum absolute atomic E-state index is 0.0742. The lowest BCUT2D eigenvalue weighted by Crippen LogP contribution is -2.67. The number of aliphatic hydroxyl groups is 4. The summed E-state index contributed by atoms with van der Waals surface area (Å²) in [6.45, 7) is 1.67. The van der Waals surface area contributed by atoms with Gasteiger partial charge in [-0.05, 0) is 19.8 Å². The van der Waals surface area contributed by atoms with Crippen LogP contribution in [0.3, 0.4) is 0 Å². The summed E-state index contributed by atoms with van der Waals surface area (Å²) in [5, 5.41) is 41.3. The van der Waals surface area contributed by atoms with Gasteiger partial charge in [-0.2, -0.15) is 0 Å². The van der Waals surface area contributed by atoms with Crippen LogP contribution in [0.25, 0.3) is 0 Å². The van der Waals surface area contributed by atoms with E-state index < -0.39 is 85.6 Å². The molecule has 0 aromatic rings. The van der Waals surface area contributed by atoms with E-state index in [1.165, 1.54) is 0 Å². The van der Waals surface area contributed by atoms with Crippen molar-refractivity contribution in [3.05, 3.63) is 0 Å². The maximum absolute atomic E-state index is 11.0. The van der Waals surface area contributed by atoms with E-state index in [0.29, 0.717) is 0 Å². The summed E-state index contributed by atoms with van der Waals surface area (Å²) in [6, 6.07) is -2.98. The second-order valence-electron chi connectivity index (χ2n) is 8.77. The van der Waals surface area contributed by atoms with Gasteiger partial charge in [-0.1, -0.05) is 0 Å².